The highest BCUT2D eigenvalue weighted by Gasteiger charge is 2.52. The van der Waals surface area contributed by atoms with Gasteiger partial charge in [-0.25, -0.2) is 0 Å². The lowest BCUT2D eigenvalue weighted by Crippen LogP contribution is -2.58. The molecule has 0 radical (unpaired) electrons. The van der Waals surface area contributed by atoms with Crippen molar-refractivity contribution in [3.8, 4) is 0 Å². The lowest BCUT2D eigenvalue weighted by molar-refractivity contribution is -0.183. The van der Waals surface area contributed by atoms with Crippen molar-refractivity contribution in [1.82, 2.24) is 0 Å². The number of hydrogen-bond donors (Lipinski definition) is 8. The first-order valence-corrected chi connectivity index (χ1v) is 35.5. The molecule has 0 unspecified atom stereocenters. The van der Waals surface area contributed by atoms with Crippen LogP contribution in [0.5, 0.6) is 0 Å². The van der Waals surface area contributed by atoms with Crippen LogP contribution in [-0.2, 0) is 18.3 Å². The van der Waals surface area contributed by atoms with Crippen LogP contribution in [0.3, 0.4) is 0 Å². The molecular formula is C60H125O12P3. The second-order valence-electron chi connectivity index (χ2n) is 22.5. The van der Waals surface area contributed by atoms with Crippen LogP contribution < -0.4 is 0 Å². The Morgan fingerprint density at radius 1 is 0.307 bits per heavy atom. The summed E-state index contributed by atoms with van der Waals surface area (Å²) in [5, 5.41) is 21.2. The van der Waals surface area contributed by atoms with E-state index in [4.69, 9.17) is 18.3 Å². The fourth-order valence-corrected chi connectivity index (χ4v) is 12.5. The van der Waals surface area contributed by atoms with Gasteiger partial charge in [0.2, 0.25) is 0 Å². The highest BCUT2D eigenvalue weighted by Crippen LogP contribution is 2.46. The molecule has 0 aromatic carbocycles. The van der Waals surface area contributed by atoms with Crippen molar-refractivity contribution in [3.63, 3.8) is 0 Å². The Labute approximate surface area is 466 Å². The molecule has 0 amide bonds. The third-order valence-corrected chi connectivity index (χ3v) is 16.9. The maximum absolute atomic E-state index is 11.0. The van der Waals surface area contributed by atoms with E-state index in [-0.39, 0.29) is 0 Å². The SMILES string of the molecule is CCCCCCCCCCCCCCCCCCOC(CCCCCCCCCCCCCCCCCC)(CCCCCCCCCCCCCCCCCC)[C@H](OP(O)O)[C@@H](OP(O)O)[C@H](OP(O)O)[C@H](O)CO. The van der Waals surface area contributed by atoms with E-state index >= 15 is 0 Å². The molecule has 0 spiro atoms. The number of ether oxygens (including phenoxy) is 1. The average Bonchev–Trinajstić information content (AvgIpc) is 3.38. The van der Waals surface area contributed by atoms with Gasteiger partial charge in [0.25, 0.3) is 0 Å². The van der Waals surface area contributed by atoms with Crippen molar-refractivity contribution in [2.75, 3.05) is 13.2 Å². The molecule has 75 heavy (non-hydrogen) atoms. The van der Waals surface area contributed by atoms with Crippen molar-refractivity contribution >= 4 is 25.8 Å². The molecule has 12 nitrogen and oxygen atoms in total. The predicted molar refractivity (Wildman–Crippen MR) is 318 cm³/mol. The molecular weight excluding hydrogens is 1010 g/mol. The molecule has 8 N–H and O–H groups in total. The fourth-order valence-electron chi connectivity index (χ4n) is 11.0. The van der Waals surface area contributed by atoms with Crippen LogP contribution in [0.2, 0.25) is 0 Å². The Hall–Kier alpha value is 0.810. The molecule has 15 heteroatoms. The standard InChI is InChI=1S/C60H125O12P3/c1-4-7-10-13-16-19-22-25-28-31-34-37-40-43-46-49-52-60(53-50-47-44-41-38-35-32-29-26-23-20-17-14-11-8-5-2,59(72-75(67)68)58(71-74(65)66)57(56(62)55-61)70-73(63)64)69-54-51-48-45-42-39-36-33-30-27-24-21-18-15-12-9-6-3/h56-59,61-68H,4-55H2,1-3H3/t56-,57-,58+,59-/m1/s1. The first-order chi connectivity index (χ1) is 36.6. The van der Waals surface area contributed by atoms with Gasteiger partial charge in [-0.3, -0.25) is 0 Å². The molecule has 0 fully saturated rings. The maximum atomic E-state index is 11.0. The van der Waals surface area contributed by atoms with E-state index in [9.17, 15) is 39.6 Å². The molecule has 0 aliphatic heterocycles. The van der Waals surface area contributed by atoms with Gasteiger partial charge in [0.05, 0.1) is 12.2 Å². The molecule has 452 valence electrons. The molecule has 0 heterocycles. The van der Waals surface area contributed by atoms with Crippen LogP contribution in [0.4, 0.5) is 0 Å². The summed E-state index contributed by atoms with van der Waals surface area (Å²) in [4.78, 5) is 62.0. The van der Waals surface area contributed by atoms with Gasteiger partial charge in [0.15, 0.2) is 0 Å². The highest BCUT2D eigenvalue weighted by atomic mass is 31.2. The number of unbranched alkanes of at least 4 members (excludes halogenated alkanes) is 45. The van der Waals surface area contributed by atoms with Gasteiger partial charge >= 0.3 is 25.8 Å². The molecule has 0 bridgehead atoms. The van der Waals surface area contributed by atoms with E-state index in [1.807, 2.05) is 0 Å². The van der Waals surface area contributed by atoms with E-state index in [2.05, 4.69) is 20.8 Å². The van der Waals surface area contributed by atoms with Crippen molar-refractivity contribution in [2.24, 2.45) is 0 Å². The first-order valence-electron chi connectivity index (χ1n) is 32.0. The number of aliphatic hydroxyl groups is 2. The highest BCUT2D eigenvalue weighted by molar-refractivity contribution is 7.40. The second kappa shape index (κ2) is 58.0. The van der Waals surface area contributed by atoms with Crippen LogP contribution in [-0.4, -0.2) is 82.8 Å². The summed E-state index contributed by atoms with van der Waals surface area (Å²) in [7, 11) is -9.37. The fraction of sp³-hybridized carbons (Fsp3) is 1.00. The minimum Gasteiger partial charge on any atom is -0.394 e. The molecule has 0 aromatic rings. The van der Waals surface area contributed by atoms with Gasteiger partial charge in [0, 0.05) is 6.61 Å². The maximum Gasteiger partial charge on any atom is 0.327 e. The van der Waals surface area contributed by atoms with Gasteiger partial charge in [-0.15, -0.1) is 0 Å². The quantitative estimate of drug-likeness (QED) is 0.0212. The van der Waals surface area contributed by atoms with Crippen molar-refractivity contribution in [3.05, 3.63) is 0 Å². The van der Waals surface area contributed by atoms with E-state index in [1.54, 1.807) is 0 Å². The molecule has 0 aromatic heterocycles. The normalized spacial score (nSPS) is 14.0. The van der Waals surface area contributed by atoms with Crippen molar-refractivity contribution in [2.45, 2.75) is 372 Å². The largest absolute Gasteiger partial charge is 0.394 e. The van der Waals surface area contributed by atoms with Crippen molar-refractivity contribution in [1.29, 1.82) is 0 Å². The molecule has 0 aliphatic carbocycles. The third-order valence-electron chi connectivity index (χ3n) is 15.6. The summed E-state index contributed by atoms with van der Waals surface area (Å²) in [5.74, 6) is 0. The van der Waals surface area contributed by atoms with E-state index in [0.717, 1.165) is 64.2 Å². The van der Waals surface area contributed by atoms with Gasteiger partial charge < -0.3 is 57.9 Å². The smallest absolute Gasteiger partial charge is 0.327 e. The van der Waals surface area contributed by atoms with E-state index < -0.39 is 62.4 Å². The second-order valence-corrected chi connectivity index (χ2v) is 24.6. The van der Waals surface area contributed by atoms with E-state index in [1.165, 1.54) is 231 Å². The Morgan fingerprint density at radius 2 is 0.533 bits per heavy atom. The summed E-state index contributed by atoms with van der Waals surface area (Å²) in [5.41, 5.74) is -1.27. The zero-order valence-electron chi connectivity index (χ0n) is 49.1. The Bertz CT molecular complexity index is 1080. The van der Waals surface area contributed by atoms with Gasteiger partial charge in [-0.2, -0.15) is 0 Å². The number of aliphatic hydroxyl groups excluding tert-OH is 2. The van der Waals surface area contributed by atoms with Gasteiger partial charge in [-0.05, 0) is 19.3 Å². The monoisotopic (exact) mass is 1130 g/mol. The summed E-state index contributed by atoms with van der Waals surface area (Å²) < 4.78 is 24.0. The summed E-state index contributed by atoms with van der Waals surface area (Å²) in [6.07, 6.45) is 53.0. The van der Waals surface area contributed by atoms with Crippen LogP contribution >= 0.6 is 25.8 Å². The average molecular weight is 1130 g/mol. The lowest BCUT2D eigenvalue weighted by Gasteiger charge is -2.46. The summed E-state index contributed by atoms with van der Waals surface area (Å²) in [6.45, 7) is 6.25. The van der Waals surface area contributed by atoms with E-state index in [0.29, 0.717) is 32.3 Å². The zero-order valence-corrected chi connectivity index (χ0v) is 51.8. The van der Waals surface area contributed by atoms with Crippen molar-refractivity contribution < 1.29 is 57.9 Å². The number of hydrogen-bond acceptors (Lipinski definition) is 12. The predicted octanol–water partition coefficient (Wildman–Crippen LogP) is 18.4. The summed E-state index contributed by atoms with van der Waals surface area (Å²) in [6, 6.07) is 0. The number of rotatable bonds is 63. The Morgan fingerprint density at radius 3 is 0.773 bits per heavy atom. The van der Waals surface area contributed by atoms with Crippen LogP contribution in [0.1, 0.15) is 342 Å². The summed E-state index contributed by atoms with van der Waals surface area (Å²) >= 11 is 0. The lowest BCUT2D eigenvalue weighted by atomic mass is 9.80. The zero-order chi connectivity index (χ0) is 55.1. The minimum atomic E-state index is -3.16. The molecule has 0 saturated heterocycles. The van der Waals surface area contributed by atoms with Crippen LogP contribution in [0.25, 0.3) is 0 Å². The van der Waals surface area contributed by atoms with Gasteiger partial charge in [-0.1, -0.05) is 323 Å². The molecule has 0 rings (SSSR count). The van der Waals surface area contributed by atoms with Crippen LogP contribution in [0.15, 0.2) is 0 Å². The molecule has 4 atom stereocenters. The first kappa shape index (κ1) is 75.8. The Balaban J connectivity index is 5.93. The van der Waals surface area contributed by atoms with Gasteiger partial charge in [0.1, 0.15) is 24.4 Å². The molecule has 0 saturated carbocycles. The Kier molecular flexibility index (Phi) is 58.6. The minimum absolute atomic E-state index is 0.339. The third kappa shape index (κ3) is 48.1. The topological polar surface area (TPSA) is 199 Å². The van der Waals surface area contributed by atoms with Crippen LogP contribution in [0, 0.1) is 0 Å². The molecule has 0 aliphatic rings.